The van der Waals surface area contributed by atoms with Gasteiger partial charge in [-0.25, -0.2) is 0 Å². The Morgan fingerprint density at radius 2 is 1.03 bits per heavy atom. The van der Waals surface area contributed by atoms with E-state index < -0.39 is 0 Å². The quantitative estimate of drug-likeness (QED) is 0.290. The predicted octanol–water partition coefficient (Wildman–Crippen LogP) is 9.24. The van der Waals surface area contributed by atoms with Gasteiger partial charge in [-0.2, -0.15) is 0 Å². The molecular weight excluding hydrogens is 422 g/mol. The Labute approximate surface area is 210 Å². The molecule has 0 bridgehead atoms. The summed E-state index contributed by atoms with van der Waals surface area (Å²) in [4.78, 5) is 2.61. The molecular formula is C34H35N. The number of hydrogen-bond donors (Lipinski definition) is 0. The lowest BCUT2D eigenvalue weighted by Gasteiger charge is -2.42. The van der Waals surface area contributed by atoms with Crippen molar-refractivity contribution in [3.8, 4) is 22.3 Å². The van der Waals surface area contributed by atoms with Gasteiger partial charge in [0, 0.05) is 33.3 Å². The molecule has 6 rings (SSSR count). The average molecular weight is 458 g/mol. The molecule has 0 unspecified atom stereocenters. The highest BCUT2D eigenvalue weighted by atomic mass is 15.2. The summed E-state index contributed by atoms with van der Waals surface area (Å²) in [6, 6.07) is 31.7. The van der Waals surface area contributed by atoms with E-state index >= 15 is 0 Å². The molecule has 0 aromatic heterocycles. The molecule has 1 heteroatoms. The lowest BCUT2D eigenvalue weighted by molar-refractivity contribution is 0.553. The smallest absolute Gasteiger partial charge is 0.0498 e. The largest absolute Gasteiger partial charge is 0.335 e. The SMILES string of the molecule is CC1(C)c2ccccc2-c2c(N(c3cccc4c3C(C)(C)c3ccccc3-4)C(C)(C)C)cccc21. The van der Waals surface area contributed by atoms with Crippen LogP contribution in [-0.2, 0) is 10.8 Å². The molecule has 0 radical (unpaired) electrons. The first-order valence-corrected chi connectivity index (χ1v) is 12.8. The van der Waals surface area contributed by atoms with E-state index in [1.165, 1.54) is 55.9 Å². The second kappa shape index (κ2) is 7.10. The van der Waals surface area contributed by atoms with Crippen LogP contribution in [0, 0.1) is 0 Å². The maximum absolute atomic E-state index is 2.61. The van der Waals surface area contributed by atoms with E-state index in [4.69, 9.17) is 0 Å². The number of rotatable bonds is 2. The van der Waals surface area contributed by atoms with Crippen molar-refractivity contribution in [1.82, 2.24) is 0 Å². The number of fused-ring (bicyclic) bond motifs is 6. The van der Waals surface area contributed by atoms with Gasteiger partial charge in [0.25, 0.3) is 0 Å². The molecule has 0 spiro atoms. The Bertz CT molecular complexity index is 1480. The maximum atomic E-state index is 2.61. The fourth-order valence-electron chi connectivity index (χ4n) is 6.78. The van der Waals surface area contributed by atoms with E-state index in [9.17, 15) is 0 Å². The molecule has 0 saturated carbocycles. The molecule has 2 aliphatic carbocycles. The van der Waals surface area contributed by atoms with Crippen molar-refractivity contribution >= 4 is 11.4 Å². The van der Waals surface area contributed by atoms with Crippen LogP contribution in [0.1, 0.15) is 70.7 Å². The van der Waals surface area contributed by atoms with Gasteiger partial charge in [0.05, 0.1) is 0 Å². The van der Waals surface area contributed by atoms with Crippen molar-refractivity contribution in [2.24, 2.45) is 0 Å². The van der Waals surface area contributed by atoms with Crippen LogP contribution in [0.25, 0.3) is 22.3 Å². The molecule has 0 fully saturated rings. The zero-order valence-electron chi connectivity index (χ0n) is 22.0. The maximum Gasteiger partial charge on any atom is 0.0498 e. The molecule has 0 aliphatic heterocycles. The average Bonchev–Trinajstić information content (AvgIpc) is 3.20. The van der Waals surface area contributed by atoms with E-state index in [0.717, 1.165) is 0 Å². The molecule has 0 atom stereocenters. The van der Waals surface area contributed by atoms with Gasteiger partial charge in [-0.1, -0.05) is 100 Å². The number of anilines is 2. The Morgan fingerprint density at radius 1 is 0.514 bits per heavy atom. The van der Waals surface area contributed by atoms with Gasteiger partial charge in [0.15, 0.2) is 0 Å². The minimum absolute atomic E-state index is 0.0143. The summed E-state index contributed by atoms with van der Waals surface area (Å²) in [6.45, 7) is 16.5. The van der Waals surface area contributed by atoms with Crippen molar-refractivity contribution < 1.29 is 0 Å². The molecule has 0 saturated heterocycles. The first-order valence-electron chi connectivity index (χ1n) is 12.8. The predicted molar refractivity (Wildman–Crippen MR) is 150 cm³/mol. The fraction of sp³-hybridized carbons (Fsp3) is 0.294. The van der Waals surface area contributed by atoms with Gasteiger partial charge in [0.2, 0.25) is 0 Å². The minimum Gasteiger partial charge on any atom is -0.335 e. The van der Waals surface area contributed by atoms with Gasteiger partial charge >= 0.3 is 0 Å². The van der Waals surface area contributed by atoms with Crippen LogP contribution >= 0.6 is 0 Å². The highest BCUT2D eigenvalue weighted by Crippen LogP contribution is 2.57. The minimum atomic E-state index is -0.114. The Hall–Kier alpha value is -3.32. The monoisotopic (exact) mass is 457 g/mol. The third kappa shape index (κ3) is 2.94. The van der Waals surface area contributed by atoms with Crippen molar-refractivity contribution in [3.05, 3.63) is 107 Å². The molecule has 1 nitrogen and oxygen atoms in total. The van der Waals surface area contributed by atoms with Gasteiger partial charge < -0.3 is 4.90 Å². The van der Waals surface area contributed by atoms with Crippen LogP contribution in [0.15, 0.2) is 84.9 Å². The van der Waals surface area contributed by atoms with E-state index in [1.54, 1.807) is 0 Å². The summed E-state index contributed by atoms with van der Waals surface area (Å²) in [5.41, 5.74) is 13.6. The van der Waals surface area contributed by atoms with E-state index in [-0.39, 0.29) is 16.4 Å². The summed E-state index contributed by atoms with van der Waals surface area (Å²) in [7, 11) is 0. The molecule has 0 N–H and O–H groups in total. The first kappa shape index (κ1) is 22.2. The molecule has 176 valence electrons. The zero-order valence-corrected chi connectivity index (χ0v) is 22.0. The highest BCUT2D eigenvalue weighted by molar-refractivity contribution is 5.95. The lowest BCUT2D eigenvalue weighted by Crippen LogP contribution is -2.39. The van der Waals surface area contributed by atoms with Gasteiger partial charge in [-0.3, -0.25) is 0 Å². The van der Waals surface area contributed by atoms with E-state index in [0.29, 0.717) is 0 Å². The Morgan fingerprint density at radius 3 is 1.71 bits per heavy atom. The second-order valence-corrected chi connectivity index (χ2v) is 12.2. The molecule has 4 aromatic carbocycles. The normalized spacial score (nSPS) is 16.3. The Balaban J connectivity index is 1.67. The number of nitrogens with zero attached hydrogens (tertiary/aromatic N) is 1. The Kier molecular flexibility index (Phi) is 4.50. The first-order chi connectivity index (χ1) is 16.5. The molecule has 0 amide bonds. The topological polar surface area (TPSA) is 3.24 Å². The summed E-state index contributed by atoms with van der Waals surface area (Å²) >= 11 is 0. The van der Waals surface area contributed by atoms with Crippen LogP contribution < -0.4 is 4.90 Å². The lowest BCUT2D eigenvalue weighted by atomic mass is 9.80. The van der Waals surface area contributed by atoms with E-state index in [1.807, 2.05) is 0 Å². The van der Waals surface area contributed by atoms with Gasteiger partial charge in [-0.05, 0) is 71.8 Å². The zero-order chi connectivity index (χ0) is 24.8. The van der Waals surface area contributed by atoms with Crippen LogP contribution in [0.5, 0.6) is 0 Å². The van der Waals surface area contributed by atoms with Crippen molar-refractivity contribution in [2.45, 2.75) is 64.8 Å². The number of hydrogen-bond acceptors (Lipinski definition) is 1. The fourth-order valence-corrected chi connectivity index (χ4v) is 6.78. The molecule has 35 heavy (non-hydrogen) atoms. The third-order valence-corrected chi connectivity index (χ3v) is 8.30. The van der Waals surface area contributed by atoms with Crippen LogP contribution in [0.3, 0.4) is 0 Å². The summed E-state index contributed by atoms with van der Waals surface area (Å²) in [5.74, 6) is 0. The number of benzene rings is 4. The standard InChI is InChI=1S/C34H35N/c1-32(2,3)35(28-20-13-19-27-30(28)24-15-9-11-18-26(24)33(27,4)5)29-21-12-16-23-22-14-8-10-17-25(22)34(6,7)31(23)29/h8-21H,1-7H3. The van der Waals surface area contributed by atoms with E-state index in [2.05, 4.69) is 138 Å². The highest BCUT2D eigenvalue weighted by Gasteiger charge is 2.42. The van der Waals surface area contributed by atoms with Gasteiger partial charge in [-0.15, -0.1) is 0 Å². The van der Waals surface area contributed by atoms with Crippen LogP contribution in [-0.4, -0.2) is 5.54 Å². The summed E-state index contributed by atoms with van der Waals surface area (Å²) < 4.78 is 0. The van der Waals surface area contributed by atoms with Crippen LogP contribution in [0.4, 0.5) is 11.4 Å². The van der Waals surface area contributed by atoms with Crippen molar-refractivity contribution in [3.63, 3.8) is 0 Å². The van der Waals surface area contributed by atoms with Crippen molar-refractivity contribution in [2.75, 3.05) is 4.90 Å². The summed E-state index contributed by atoms with van der Waals surface area (Å²) in [6.07, 6.45) is 0. The third-order valence-electron chi connectivity index (χ3n) is 8.30. The molecule has 2 aliphatic rings. The molecule has 4 aromatic rings. The van der Waals surface area contributed by atoms with Gasteiger partial charge in [0.1, 0.15) is 0 Å². The molecule has 0 heterocycles. The summed E-state index contributed by atoms with van der Waals surface area (Å²) in [5, 5.41) is 0. The van der Waals surface area contributed by atoms with Crippen molar-refractivity contribution in [1.29, 1.82) is 0 Å². The van der Waals surface area contributed by atoms with Crippen LogP contribution in [0.2, 0.25) is 0 Å². The second-order valence-electron chi connectivity index (χ2n) is 12.2.